The molecule has 3 rings (SSSR count). The van der Waals surface area contributed by atoms with Crippen molar-refractivity contribution in [1.82, 2.24) is 9.88 Å². The molecule has 2 fully saturated rings. The van der Waals surface area contributed by atoms with Crippen molar-refractivity contribution in [3.8, 4) is 6.07 Å². The zero-order valence-electron chi connectivity index (χ0n) is 13.9. The smallest absolute Gasteiger partial charge is 0.222 e. The molecular weight excluding hydrogens is 324 g/mol. The number of hydrogen-bond donors (Lipinski definition) is 0. The second-order valence-corrected chi connectivity index (χ2v) is 7.12. The Kier molecular flexibility index (Phi) is 5.57. The van der Waals surface area contributed by atoms with E-state index in [0.717, 1.165) is 26.1 Å². The minimum Gasteiger partial charge on any atom is -0.354 e. The first-order chi connectivity index (χ1) is 11.7. The lowest BCUT2D eigenvalue weighted by atomic mass is 10.0. The van der Waals surface area contributed by atoms with Gasteiger partial charge in [0.2, 0.25) is 5.91 Å². The number of halogens is 1. The average Bonchev–Trinajstić information content (AvgIpc) is 2.96. The summed E-state index contributed by atoms with van der Waals surface area (Å²) < 4.78 is 0. The van der Waals surface area contributed by atoms with Crippen LogP contribution in [0.5, 0.6) is 0 Å². The zero-order chi connectivity index (χ0) is 16.9. The Morgan fingerprint density at radius 2 is 2.04 bits per heavy atom. The second-order valence-electron chi connectivity index (χ2n) is 6.72. The number of carbonyl (C=O) groups is 1. The minimum absolute atomic E-state index is 0.294. The molecule has 2 aliphatic rings. The lowest BCUT2D eigenvalue weighted by molar-refractivity contribution is -0.131. The van der Waals surface area contributed by atoms with Crippen LogP contribution in [-0.4, -0.2) is 42.0 Å². The highest BCUT2D eigenvalue weighted by Crippen LogP contribution is 2.29. The molecule has 1 saturated heterocycles. The third-order valence-corrected chi connectivity index (χ3v) is 5.32. The summed E-state index contributed by atoms with van der Waals surface area (Å²) in [5.74, 6) is 1.59. The fourth-order valence-corrected chi connectivity index (χ4v) is 3.98. The molecule has 24 heavy (non-hydrogen) atoms. The van der Waals surface area contributed by atoms with Crippen molar-refractivity contribution in [2.75, 3.05) is 31.1 Å². The van der Waals surface area contributed by atoms with Crippen LogP contribution in [0.3, 0.4) is 0 Å². The van der Waals surface area contributed by atoms with Crippen LogP contribution in [0.15, 0.2) is 12.3 Å². The first kappa shape index (κ1) is 17.0. The SMILES string of the molecule is N#Cc1cnc(N2CCCN(C(=O)CC3CCCC3)CC2)c(Cl)c1. The Morgan fingerprint density at radius 1 is 1.25 bits per heavy atom. The van der Waals surface area contributed by atoms with E-state index in [4.69, 9.17) is 16.9 Å². The largest absolute Gasteiger partial charge is 0.354 e. The number of amides is 1. The van der Waals surface area contributed by atoms with E-state index in [0.29, 0.717) is 41.2 Å². The van der Waals surface area contributed by atoms with Gasteiger partial charge in [0.15, 0.2) is 0 Å². The van der Waals surface area contributed by atoms with Crippen molar-refractivity contribution < 1.29 is 4.79 Å². The molecule has 6 heteroatoms. The third kappa shape index (κ3) is 3.99. The average molecular weight is 347 g/mol. The van der Waals surface area contributed by atoms with Crippen molar-refractivity contribution in [2.45, 2.75) is 38.5 Å². The van der Waals surface area contributed by atoms with Gasteiger partial charge in [-0.3, -0.25) is 4.79 Å². The summed E-state index contributed by atoms with van der Waals surface area (Å²) in [7, 11) is 0. The molecular formula is C18H23ClN4O. The fourth-order valence-electron chi connectivity index (χ4n) is 3.69. The molecule has 1 saturated carbocycles. The minimum atomic E-state index is 0.294. The quantitative estimate of drug-likeness (QED) is 0.843. The number of nitrogens with zero attached hydrogens (tertiary/aromatic N) is 4. The summed E-state index contributed by atoms with van der Waals surface area (Å²) in [6, 6.07) is 3.70. The van der Waals surface area contributed by atoms with Crippen molar-refractivity contribution in [2.24, 2.45) is 5.92 Å². The van der Waals surface area contributed by atoms with Gasteiger partial charge in [-0.2, -0.15) is 5.26 Å². The molecule has 1 aromatic rings. The molecule has 0 atom stereocenters. The van der Waals surface area contributed by atoms with Crippen LogP contribution in [0.1, 0.15) is 44.1 Å². The maximum absolute atomic E-state index is 12.5. The number of pyridine rings is 1. The fraction of sp³-hybridized carbons (Fsp3) is 0.611. The number of nitriles is 1. The van der Waals surface area contributed by atoms with Gasteiger partial charge in [0.25, 0.3) is 0 Å². The summed E-state index contributed by atoms with van der Waals surface area (Å²) in [4.78, 5) is 21.0. The van der Waals surface area contributed by atoms with Crippen molar-refractivity contribution in [3.63, 3.8) is 0 Å². The topological polar surface area (TPSA) is 60.2 Å². The van der Waals surface area contributed by atoms with E-state index < -0.39 is 0 Å². The first-order valence-corrected chi connectivity index (χ1v) is 9.13. The van der Waals surface area contributed by atoms with Gasteiger partial charge in [-0.15, -0.1) is 0 Å². The standard InChI is InChI=1S/C18H23ClN4O/c19-16-10-15(12-20)13-21-18(16)23-7-3-6-22(8-9-23)17(24)11-14-4-1-2-5-14/h10,13-14H,1-9,11H2. The monoisotopic (exact) mass is 346 g/mol. The summed E-state index contributed by atoms with van der Waals surface area (Å²) in [6.45, 7) is 3.07. The number of carbonyl (C=O) groups excluding carboxylic acids is 1. The molecule has 0 aromatic carbocycles. The van der Waals surface area contributed by atoms with Gasteiger partial charge in [-0.25, -0.2) is 4.98 Å². The maximum Gasteiger partial charge on any atom is 0.222 e. The van der Waals surface area contributed by atoms with Crippen molar-refractivity contribution >= 4 is 23.3 Å². The molecule has 0 spiro atoms. The Hall–Kier alpha value is -1.80. The van der Waals surface area contributed by atoms with Crippen LogP contribution in [0.25, 0.3) is 0 Å². The number of aromatic nitrogens is 1. The van der Waals surface area contributed by atoms with Crippen LogP contribution in [0.2, 0.25) is 5.02 Å². The molecule has 128 valence electrons. The highest BCUT2D eigenvalue weighted by molar-refractivity contribution is 6.33. The van der Waals surface area contributed by atoms with E-state index in [1.807, 2.05) is 11.0 Å². The van der Waals surface area contributed by atoms with Crippen molar-refractivity contribution in [1.29, 1.82) is 5.26 Å². The molecule has 0 bridgehead atoms. The van der Waals surface area contributed by atoms with Gasteiger partial charge in [-0.05, 0) is 31.2 Å². The normalized spacial score (nSPS) is 19.2. The highest BCUT2D eigenvalue weighted by atomic mass is 35.5. The summed E-state index contributed by atoms with van der Waals surface area (Å²) in [6.07, 6.45) is 8.12. The number of rotatable bonds is 3. The summed E-state index contributed by atoms with van der Waals surface area (Å²) in [5, 5.41) is 9.41. The molecule has 1 amide bonds. The van der Waals surface area contributed by atoms with E-state index in [-0.39, 0.29) is 0 Å². The Bertz CT molecular complexity index is 636. The molecule has 0 N–H and O–H groups in total. The van der Waals surface area contributed by atoms with Gasteiger partial charge in [0.1, 0.15) is 11.9 Å². The molecule has 1 aromatic heterocycles. The number of anilines is 1. The van der Waals surface area contributed by atoms with Gasteiger partial charge in [-0.1, -0.05) is 24.4 Å². The van der Waals surface area contributed by atoms with Gasteiger partial charge >= 0.3 is 0 Å². The van der Waals surface area contributed by atoms with E-state index in [9.17, 15) is 4.79 Å². The molecule has 1 aliphatic heterocycles. The van der Waals surface area contributed by atoms with E-state index >= 15 is 0 Å². The first-order valence-electron chi connectivity index (χ1n) is 8.75. The second kappa shape index (κ2) is 7.85. The lowest BCUT2D eigenvalue weighted by Crippen LogP contribution is -2.36. The van der Waals surface area contributed by atoms with E-state index in [1.54, 1.807) is 12.3 Å². The molecule has 2 heterocycles. The van der Waals surface area contributed by atoms with Crippen LogP contribution < -0.4 is 4.90 Å². The van der Waals surface area contributed by atoms with Gasteiger partial charge < -0.3 is 9.80 Å². The third-order valence-electron chi connectivity index (χ3n) is 5.04. The van der Waals surface area contributed by atoms with Crippen LogP contribution in [0.4, 0.5) is 5.82 Å². The highest BCUT2D eigenvalue weighted by Gasteiger charge is 2.24. The van der Waals surface area contributed by atoms with Gasteiger partial charge in [0, 0.05) is 38.8 Å². The molecule has 5 nitrogen and oxygen atoms in total. The molecule has 0 unspecified atom stereocenters. The Morgan fingerprint density at radius 3 is 2.75 bits per heavy atom. The van der Waals surface area contributed by atoms with E-state index in [2.05, 4.69) is 9.88 Å². The van der Waals surface area contributed by atoms with Crippen LogP contribution >= 0.6 is 11.6 Å². The lowest BCUT2D eigenvalue weighted by Gasteiger charge is -2.24. The molecule has 1 aliphatic carbocycles. The Balaban J connectivity index is 1.60. The van der Waals surface area contributed by atoms with Crippen LogP contribution in [-0.2, 0) is 4.79 Å². The predicted molar refractivity (Wildman–Crippen MR) is 93.9 cm³/mol. The zero-order valence-corrected chi connectivity index (χ0v) is 14.6. The molecule has 0 radical (unpaired) electrons. The summed E-state index contributed by atoms with van der Waals surface area (Å²) >= 11 is 6.27. The van der Waals surface area contributed by atoms with Gasteiger partial charge in [0.05, 0.1) is 10.6 Å². The van der Waals surface area contributed by atoms with Crippen LogP contribution in [0, 0.1) is 17.2 Å². The number of hydrogen-bond acceptors (Lipinski definition) is 4. The predicted octanol–water partition coefficient (Wildman–Crippen LogP) is 3.23. The summed E-state index contributed by atoms with van der Waals surface area (Å²) in [5.41, 5.74) is 0.465. The maximum atomic E-state index is 12.5. The van der Waals surface area contributed by atoms with Crippen molar-refractivity contribution in [3.05, 3.63) is 22.8 Å². The van der Waals surface area contributed by atoms with E-state index in [1.165, 1.54) is 25.7 Å². The Labute approximate surface area is 148 Å².